The second-order valence-electron chi connectivity index (χ2n) is 7.09. The third kappa shape index (κ3) is 4.25. The molecular weight excluding hydrogens is 392 g/mol. The normalized spacial score (nSPS) is 15.1. The lowest BCUT2D eigenvalue weighted by molar-refractivity contribution is -0.132. The van der Waals surface area contributed by atoms with E-state index < -0.39 is 12.0 Å². The number of para-hydroxylation sites is 1. The van der Waals surface area contributed by atoms with Crippen LogP contribution in [-0.2, 0) is 11.2 Å². The van der Waals surface area contributed by atoms with Gasteiger partial charge in [0.2, 0.25) is 0 Å². The van der Waals surface area contributed by atoms with Gasteiger partial charge in [0.15, 0.2) is 0 Å². The first kappa shape index (κ1) is 20.2. The number of anilines is 2. The van der Waals surface area contributed by atoms with Gasteiger partial charge in [0, 0.05) is 5.69 Å². The number of benzene rings is 2. The van der Waals surface area contributed by atoms with Crippen molar-refractivity contribution in [3.05, 3.63) is 95.3 Å². The standard InChI is InChI=1S/C24H22N4O3/c1-2-17-10-6-7-11-20(17)27-23(29)19-15-25-28-18(13-12-16-8-4-3-5-9-16)14-21(24(30)31)26-22(19)28/h3-15,18,26H,2H2,1H3,(H,27,29)(H,30,31)/b13-12+/t18-/m1/s1. The fourth-order valence-electron chi connectivity index (χ4n) is 3.47. The number of amides is 1. The molecule has 3 N–H and O–H groups in total. The maximum absolute atomic E-state index is 13.0. The van der Waals surface area contributed by atoms with Gasteiger partial charge in [0.25, 0.3) is 5.91 Å². The fourth-order valence-corrected chi connectivity index (χ4v) is 3.47. The van der Waals surface area contributed by atoms with E-state index in [9.17, 15) is 14.7 Å². The number of rotatable bonds is 6. The molecule has 0 spiro atoms. The van der Waals surface area contributed by atoms with Crippen molar-refractivity contribution < 1.29 is 14.7 Å². The highest BCUT2D eigenvalue weighted by Gasteiger charge is 2.27. The van der Waals surface area contributed by atoms with Crippen LogP contribution in [0.25, 0.3) is 6.08 Å². The maximum Gasteiger partial charge on any atom is 0.352 e. The number of carboxylic acid groups (broad SMARTS) is 1. The average Bonchev–Trinajstić information content (AvgIpc) is 3.23. The minimum atomic E-state index is -1.10. The summed E-state index contributed by atoms with van der Waals surface area (Å²) in [5.41, 5.74) is 2.99. The van der Waals surface area contributed by atoms with E-state index in [0.717, 1.165) is 23.2 Å². The molecule has 2 aromatic carbocycles. The summed E-state index contributed by atoms with van der Waals surface area (Å²) in [6, 6.07) is 16.8. The Labute approximate surface area is 179 Å². The number of carbonyl (C=O) groups is 2. The first-order chi connectivity index (χ1) is 15.1. The molecule has 0 radical (unpaired) electrons. The predicted molar refractivity (Wildman–Crippen MR) is 120 cm³/mol. The van der Waals surface area contributed by atoms with Crippen LogP contribution in [0.4, 0.5) is 11.5 Å². The van der Waals surface area contributed by atoms with E-state index >= 15 is 0 Å². The molecule has 0 saturated heterocycles. The first-order valence-electron chi connectivity index (χ1n) is 9.99. The van der Waals surface area contributed by atoms with Gasteiger partial charge in [-0.05, 0) is 29.7 Å². The molecule has 0 saturated carbocycles. The quantitative estimate of drug-likeness (QED) is 0.557. The molecular formula is C24H22N4O3. The van der Waals surface area contributed by atoms with E-state index in [1.165, 1.54) is 6.20 Å². The second-order valence-corrected chi connectivity index (χ2v) is 7.09. The smallest absolute Gasteiger partial charge is 0.352 e. The van der Waals surface area contributed by atoms with Crippen LogP contribution >= 0.6 is 0 Å². The van der Waals surface area contributed by atoms with Crippen molar-refractivity contribution in [3.8, 4) is 0 Å². The molecule has 156 valence electrons. The van der Waals surface area contributed by atoms with Crippen LogP contribution < -0.4 is 10.6 Å². The van der Waals surface area contributed by atoms with Gasteiger partial charge in [-0.25, -0.2) is 9.48 Å². The molecule has 7 nitrogen and oxygen atoms in total. The van der Waals surface area contributed by atoms with Crippen LogP contribution in [0.2, 0.25) is 0 Å². The molecule has 0 aliphatic carbocycles. The van der Waals surface area contributed by atoms with Crippen LogP contribution in [0.1, 0.15) is 34.5 Å². The highest BCUT2D eigenvalue weighted by molar-refractivity contribution is 6.08. The molecule has 1 atom stereocenters. The van der Waals surface area contributed by atoms with Crippen LogP contribution in [0, 0.1) is 0 Å². The molecule has 1 aliphatic rings. The number of fused-ring (bicyclic) bond motifs is 1. The van der Waals surface area contributed by atoms with Gasteiger partial charge in [-0.1, -0.05) is 67.6 Å². The zero-order chi connectivity index (χ0) is 21.8. The fraction of sp³-hybridized carbons (Fsp3) is 0.125. The zero-order valence-electron chi connectivity index (χ0n) is 16.9. The van der Waals surface area contributed by atoms with Gasteiger partial charge in [-0.15, -0.1) is 0 Å². The molecule has 0 fully saturated rings. The summed E-state index contributed by atoms with van der Waals surface area (Å²) in [5.74, 6) is -1.12. The zero-order valence-corrected chi connectivity index (χ0v) is 16.9. The monoisotopic (exact) mass is 414 g/mol. The highest BCUT2D eigenvalue weighted by atomic mass is 16.4. The Morgan fingerprint density at radius 2 is 1.90 bits per heavy atom. The van der Waals surface area contributed by atoms with E-state index in [2.05, 4.69) is 15.7 Å². The van der Waals surface area contributed by atoms with E-state index in [0.29, 0.717) is 5.82 Å². The number of nitrogens with zero attached hydrogens (tertiary/aromatic N) is 2. The Kier molecular flexibility index (Phi) is 5.66. The van der Waals surface area contributed by atoms with Gasteiger partial charge >= 0.3 is 5.97 Å². The lowest BCUT2D eigenvalue weighted by Gasteiger charge is -2.22. The van der Waals surface area contributed by atoms with Gasteiger partial charge in [0.1, 0.15) is 17.1 Å². The Bertz CT molecular complexity index is 1180. The van der Waals surface area contributed by atoms with Gasteiger partial charge in [0.05, 0.1) is 12.2 Å². The Morgan fingerprint density at radius 1 is 1.16 bits per heavy atom. The predicted octanol–water partition coefficient (Wildman–Crippen LogP) is 4.35. The number of nitrogens with one attached hydrogen (secondary N) is 2. The number of hydrogen-bond donors (Lipinski definition) is 3. The number of aryl methyl sites for hydroxylation is 1. The molecule has 31 heavy (non-hydrogen) atoms. The van der Waals surface area contributed by atoms with Crippen LogP contribution in [0.3, 0.4) is 0 Å². The largest absolute Gasteiger partial charge is 0.477 e. The Hall–Kier alpha value is -4.13. The van der Waals surface area contributed by atoms with Gasteiger partial charge in [-0.3, -0.25) is 4.79 Å². The van der Waals surface area contributed by atoms with Crippen molar-refractivity contribution in [3.63, 3.8) is 0 Å². The molecule has 0 unspecified atom stereocenters. The summed E-state index contributed by atoms with van der Waals surface area (Å²) >= 11 is 0. The summed E-state index contributed by atoms with van der Waals surface area (Å²) in [6.07, 6.45) is 7.54. The molecule has 0 bridgehead atoms. The molecule has 1 amide bonds. The summed E-state index contributed by atoms with van der Waals surface area (Å²) in [5, 5.41) is 19.7. The SMILES string of the molecule is CCc1ccccc1NC(=O)c1cnn2c1NC(C(=O)O)=C[C@H]2/C=C/c1ccccc1. The van der Waals surface area contributed by atoms with Gasteiger partial charge in [-0.2, -0.15) is 5.10 Å². The van der Waals surface area contributed by atoms with Crippen LogP contribution in [0.5, 0.6) is 0 Å². The maximum atomic E-state index is 13.0. The topological polar surface area (TPSA) is 96.3 Å². The van der Waals surface area contributed by atoms with Gasteiger partial charge < -0.3 is 15.7 Å². The minimum Gasteiger partial charge on any atom is -0.477 e. The molecule has 7 heteroatoms. The number of carbonyl (C=O) groups excluding carboxylic acids is 1. The van der Waals surface area contributed by atoms with E-state index in [1.54, 1.807) is 10.8 Å². The lowest BCUT2D eigenvalue weighted by atomic mass is 10.1. The Balaban J connectivity index is 1.66. The number of carboxylic acids is 1. The average molecular weight is 414 g/mol. The second kappa shape index (κ2) is 8.71. The summed E-state index contributed by atoms with van der Waals surface area (Å²) in [6.45, 7) is 2.02. The third-order valence-corrected chi connectivity index (χ3v) is 5.08. The number of allylic oxidation sites excluding steroid dienone is 2. The molecule has 1 aliphatic heterocycles. The van der Waals surface area contributed by atoms with E-state index in [4.69, 9.17) is 0 Å². The van der Waals surface area contributed by atoms with Crippen LogP contribution in [0.15, 0.2) is 78.6 Å². The Morgan fingerprint density at radius 3 is 2.65 bits per heavy atom. The number of hydrogen-bond acceptors (Lipinski definition) is 4. The molecule has 1 aromatic heterocycles. The van der Waals surface area contributed by atoms with Crippen molar-refractivity contribution >= 4 is 29.5 Å². The summed E-state index contributed by atoms with van der Waals surface area (Å²) in [7, 11) is 0. The molecule has 3 aromatic rings. The third-order valence-electron chi connectivity index (χ3n) is 5.08. The van der Waals surface area contributed by atoms with Crippen LogP contribution in [-0.4, -0.2) is 26.8 Å². The van der Waals surface area contributed by atoms with Crippen molar-refractivity contribution in [1.82, 2.24) is 9.78 Å². The lowest BCUT2D eigenvalue weighted by Crippen LogP contribution is -2.24. The summed E-state index contributed by atoms with van der Waals surface area (Å²) in [4.78, 5) is 24.7. The van der Waals surface area contributed by atoms with Crippen molar-refractivity contribution in [2.24, 2.45) is 0 Å². The van der Waals surface area contributed by atoms with Crippen molar-refractivity contribution in [1.29, 1.82) is 0 Å². The number of aromatic nitrogens is 2. The van der Waals surface area contributed by atoms with Crippen molar-refractivity contribution in [2.75, 3.05) is 10.6 Å². The minimum absolute atomic E-state index is 0.00119. The molecule has 2 heterocycles. The highest BCUT2D eigenvalue weighted by Crippen LogP contribution is 2.30. The molecule has 4 rings (SSSR count). The first-order valence-corrected chi connectivity index (χ1v) is 9.99. The van der Waals surface area contributed by atoms with E-state index in [-0.39, 0.29) is 17.2 Å². The summed E-state index contributed by atoms with van der Waals surface area (Å²) < 4.78 is 1.60. The van der Waals surface area contributed by atoms with E-state index in [1.807, 2.05) is 73.7 Å². The van der Waals surface area contributed by atoms with Crippen molar-refractivity contribution in [2.45, 2.75) is 19.4 Å². The number of aliphatic carboxylic acids is 1.